The molecule has 0 saturated carbocycles. The number of carbonyl (C=O) groups is 1. The monoisotopic (exact) mass is 337 g/mol. The summed E-state index contributed by atoms with van der Waals surface area (Å²) in [7, 11) is 0. The molecule has 20 heavy (non-hydrogen) atoms. The highest BCUT2D eigenvalue weighted by molar-refractivity contribution is 9.10. The molecule has 1 aromatic carbocycles. The number of anilines is 1. The van der Waals surface area contributed by atoms with Gasteiger partial charge in [0, 0.05) is 28.8 Å². The second-order valence-electron chi connectivity index (χ2n) is 6.80. The zero-order chi connectivity index (χ0) is 14.8. The fraction of sp³-hybridized carbons (Fsp3) is 0.588. The Balaban J connectivity index is 2.18. The average molecular weight is 338 g/mol. The van der Waals surface area contributed by atoms with Crippen LogP contribution in [0.25, 0.3) is 0 Å². The number of hydrogen-bond donors (Lipinski definition) is 0. The predicted octanol–water partition coefficient (Wildman–Crippen LogP) is 4.91. The molecule has 1 saturated heterocycles. The molecular formula is C17H24BrNO. The van der Waals surface area contributed by atoms with Crippen LogP contribution in [0, 0.1) is 11.3 Å². The van der Waals surface area contributed by atoms with Crippen molar-refractivity contribution in [1.82, 2.24) is 0 Å². The zero-order valence-electron chi connectivity index (χ0n) is 12.7. The number of nitrogens with zero attached hydrogens (tertiary/aromatic N) is 1. The Morgan fingerprint density at radius 2 is 2.00 bits per heavy atom. The van der Waals surface area contributed by atoms with Gasteiger partial charge in [0.2, 0.25) is 0 Å². The SMILES string of the molecule is CC(C)(C)C1CCCN(c2cc(Br)ccc2C=O)CC1. The largest absolute Gasteiger partial charge is 0.371 e. The van der Waals surface area contributed by atoms with Crippen molar-refractivity contribution in [3.05, 3.63) is 28.2 Å². The molecular weight excluding hydrogens is 314 g/mol. The van der Waals surface area contributed by atoms with Crippen LogP contribution in [-0.2, 0) is 0 Å². The Morgan fingerprint density at radius 1 is 1.25 bits per heavy atom. The van der Waals surface area contributed by atoms with E-state index in [0.29, 0.717) is 5.41 Å². The lowest BCUT2D eigenvalue weighted by Crippen LogP contribution is -2.26. The van der Waals surface area contributed by atoms with E-state index in [9.17, 15) is 4.79 Å². The third kappa shape index (κ3) is 3.63. The first-order valence-corrected chi connectivity index (χ1v) is 8.21. The number of hydrogen-bond acceptors (Lipinski definition) is 2. The molecule has 1 fully saturated rings. The molecule has 0 aliphatic carbocycles. The van der Waals surface area contributed by atoms with Crippen molar-refractivity contribution in [3.8, 4) is 0 Å². The van der Waals surface area contributed by atoms with Gasteiger partial charge < -0.3 is 4.90 Å². The van der Waals surface area contributed by atoms with Gasteiger partial charge in [-0.15, -0.1) is 0 Å². The molecule has 1 aliphatic rings. The maximum absolute atomic E-state index is 11.2. The fourth-order valence-corrected chi connectivity index (χ4v) is 3.44. The summed E-state index contributed by atoms with van der Waals surface area (Å²) in [5.41, 5.74) is 2.24. The minimum absolute atomic E-state index is 0.376. The molecule has 0 aromatic heterocycles. The number of halogens is 1. The summed E-state index contributed by atoms with van der Waals surface area (Å²) in [5.74, 6) is 0.763. The Labute approximate surface area is 130 Å². The van der Waals surface area contributed by atoms with Gasteiger partial charge in [0.15, 0.2) is 6.29 Å². The van der Waals surface area contributed by atoms with E-state index in [-0.39, 0.29) is 0 Å². The summed E-state index contributed by atoms with van der Waals surface area (Å²) >= 11 is 3.51. The summed E-state index contributed by atoms with van der Waals surface area (Å²) in [6.07, 6.45) is 4.65. The Hall–Kier alpha value is -0.830. The average Bonchev–Trinajstić information content (AvgIpc) is 2.63. The third-order valence-corrected chi connectivity index (χ3v) is 4.91. The van der Waals surface area contributed by atoms with E-state index in [2.05, 4.69) is 47.7 Å². The van der Waals surface area contributed by atoms with Crippen molar-refractivity contribution >= 4 is 27.9 Å². The molecule has 110 valence electrons. The minimum Gasteiger partial charge on any atom is -0.371 e. The number of benzene rings is 1. The van der Waals surface area contributed by atoms with Crippen molar-refractivity contribution in [3.63, 3.8) is 0 Å². The van der Waals surface area contributed by atoms with Crippen molar-refractivity contribution in [2.24, 2.45) is 11.3 Å². The van der Waals surface area contributed by atoms with E-state index >= 15 is 0 Å². The van der Waals surface area contributed by atoms with Gasteiger partial charge in [-0.3, -0.25) is 4.79 Å². The van der Waals surface area contributed by atoms with Crippen LogP contribution in [0.3, 0.4) is 0 Å². The third-order valence-electron chi connectivity index (χ3n) is 4.41. The van der Waals surface area contributed by atoms with Crippen LogP contribution in [-0.4, -0.2) is 19.4 Å². The van der Waals surface area contributed by atoms with Gasteiger partial charge in [0.1, 0.15) is 0 Å². The van der Waals surface area contributed by atoms with E-state index in [1.165, 1.54) is 19.3 Å². The second kappa shape index (κ2) is 6.30. The van der Waals surface area contributed by atoms with Crippen LogP contribution < -0.4 is 4.90 Å². The molecule has 1 atom stereocenters. The first-order chi connectivity index (χ1) is 9.41. The lowest BCUT2D eigenvalue weighted by atomic mass is 9.77. The van der Waals surface area contributed by atoms with Crippen LogP contribution in [0.5, 0.6) is 0 Å². The number of aldehydes is 1. The highest BCUT2D eigenvalue weighted by atomic mass is 79.9. The fourth-order valence-electron chi connectivity index (χ4n) is 3.09. The van der Waals surface area contributed by atoms with Gasteiger partial charge in [0.25, 0.3) is 0 Å². The molecule has 0 amide bonds. The quantitative estimate of drug-likeness (QED) is 0.714. The molecule has 1 aliphatic heterocycles. The Morgan fingerprint density at radius 3 is 2.65 bits per heavy atom. The zero-order valence-corrected chi connectivity index (χ0v) is 14.2. The van der Waals surface area contributed by atoms with Gasteiger partial charge in [-0.1, -0.05) is 36.7 Å². The van der Waals surface area contributed by atoms with Crippen molar-refractivity contribution in [2.75, 3.05) is 18.0 Å². The molecule has 0 spiro atoms. The summed E-state index contributed by atoms with van der Waals surface area (Å²) in [4.78, 5) is 13.6. The van der Waals surface area contributed by atoms with Gasteiger partial charge >= 0.3 is 0 Å². The number of rotatable bonds is 2. The molecule has 1 heterocycles. The molecule has 0 N–H and O–H groups in total. The minimum atomic E-state index is 0.376. The molecule has 0 bridgehead atoms. The van der Waals surface area contributed by atoms with Crippen LogP contribution in [0.2, 0.25) is 0 Å². The van der Waals surface area contributed by atoms with Crippen molar-refractivity contribution in [1.29, 1.82) is 0 Å². The van der Waals surface area contributed by atoms with Gasteiger partial charge in [-0.25, -0.2) is 0 Å². The van der Waals surface area contributed by atoms with Crippen molar-refractivity contribution < 1.29 is 4.79 Å². The lowest BCUT2D eigenvalue weighted by molar-refractivity contribution is 0.112. The molecule has 1 aromatic rings. The summed E-state index contributed by atoms with van der Waals surface area (Å²) in [6, 6.07) is 5.91. The molecule has 1 unspecified atom stereocenters. The van der Waals surface area contributed by atoms with Gasteiger partial charge in [0.05, 0.1) is 0 Å². The summed E-state index contributed by atoms with van der Waals surface area (Å²) in [5, 5.41) is 0. The lowest BCUT2D eigenvalue weighted by Gasteiger charge is -2.30. The first-order valence-electron chi connectivity index (χ1n) is 7.41. The first kappa shape index (κ1) is 15.6. The van der Waals surface area contributed by atoms with E-state index in [1.807, 2.05) is 12.1 Å². The molecule has 3 heteroatoms. The van der Waals surface area contributed by atoms with Gasteiger partial charge in [-0.05, 0) is 48.8 Å². The normalized spacial score (nSPS) is 20.6. The highest BCUT2D eigenvalue weighted by Crippen LogP contribution is 2.36. The van der Waals surface area contributed by atoms with Crippen LogP contribution in [0.15, 0.2) is 22.7 Å². The molecule has 2 nitrogen and oxygen atoms in total. The van der Waals surface area contributed by atoms with E-state index in [0.717, 1.165) is 41.0 Å². The van der Waals surface area contributed by atoms with Gasteiger partial charge in [-0.2, -0.15) is 0 Å². The molecule has 2 rings (SSSR count). The summed E-state index contributed by atoms with van der Waals surface area (Å²) in [6.45, 7) is 9.10. The standard InChI is InChI=1S/C17H24BrNO/c1-17(2,3)14-5-4-9-19(10-8-14)16-11-15(18)7-6-13(16)12-20/h6-7,11-12,14H,4-5,8-10H2,1-3H3. The molecule has 0 radical (unpaired) electrons. The van der Waals surface area contributed by atoms with E-state index < -0.39 is 0 Å². The summed E-state index contributed by atoms with van der Waals surface area (Å²) < 4.78 is 1.04. The number of carbonyl (C=O) groups excluding carboxylic acids is 1. The predicted molar refractivity (Wildman–Crippen MR) is 88.5 cm³/mol. The van der Waals surface area contributed by atoms with E-state index in [1.54, 1.807) is 0 Å². The maximum atomic E-state index is 11.2. The Kier molecular flexibility index (Phi) is 4.90. The van der Waals surface area contributed by atoms with Crippen molar-refractivity contribution in [2.45, 2.75) is 40.0 Å². The van der Waals surface area contributed by atoms with E-state index in [4.69, 9.17) is 0 Å². The highest BCUT2D eigenvalue weighted by Gasteiger charge is 2.27. The van der Waals surface area contributed by atoms with Crippen LogP contribution in [0.1, 0.15) is 50.4 Å². The second-order valence-corrected chi connectivity index (χ2v) is 7.72. The van der Waals surface area contributed by atoms with Crippen LogP contribution >= 0.6 is 15.9 Å². The smallest absolute Gasteiger partial charge is 0.152 e. The maximum Gasteiger partial charge on any atom is 0.152 e. The Bertz CT molecular complexity index is 478. The topological polar surface area (TPSA) is 20.3 Å². The van der Waals surface area contributed by atoms with Crippen LogP contribution in [0.4, 0.5) is 5.69 Å².